The number of nitro benzene ring substituents is 1. The molecule has 1 aliphatic rings. The molecule has 108 valence electrons. The lowest BCUT2D eigenvalue weighted by atomic mass is 10.1. The van der Waals surface area contributed by atoms with Gasteiger partial charge in [0.05, 0.1) is 17.0 Å². The smallest absolute Gasteiger partial charge is 0.335 e. The quantitative estimate of drug-likeness (QED) is 0.678. The zero-order chi connectivity index (χ0) is 15.0. The number of imidazole rings is 1. The Labute approximate surface area is 119 Å². The third-order valence-electron chi connectivity index (χ3n) is 3.50. The molecule has 0 radical (unpaired) electrons. The monoisotopic (exact) mass is 288 g/mol. The van der Waals surface area contributed by atoms with E-state index in [1.165, 1.54) is 18.2 Å². The van der Waals surface area contributed by atoms with E-state index in [2.05, 4.69) is 4.98 Å². The van der Waals surface area contributed by atoms with Gasteiger partial charge in [0.15, 0.2) is 0 Å². The first-order valence-electron chi connectivity index (χ1n) is 6.33. The number of carboxylic acids is 1. The molecular formula is C13H12N4O4. The van der Waals surface area contributed by atoms with Crippen molar-refractivity contribution >= 4 is 17.3 Å². The van der Waals surface area contributed by atoms with E-state index in [4.69, 9.17) is 5.11 Å². The normalized spacial score (nSPS) is 13.8. The lowest BCUT2D eigenvalue weighted by molar-refractivity contribution is -0.384. The van der Waals surface area contributed by atoms with Gasteiger partial charge in [-0.25, -0.2) is 9.78 Å². The highest BCUT2D eigenvalue weighted by Gasteiger charge is 2.25. The highest BCUT2D eigenvalue weighted by molar-refractivity contribution is 5.90. The van der Waals surface area contributed by atoms with Crippen molar-refractivity contribution in [3.05, 3.63) is 52.1 Å². The van der Waals surface area contributed by atoms with Crippen LogP contribution in [-0.4, -0.2) is 32.1 Å². The van der Waals surface area contributed by atoms with Crippen molar-refractivity contribution in [2.24, 2.45) is 0 Å². The van der Waals surface area contributed by atoms with E-state index in [1.54, 1.807) is 11.1 Å². The minimum atomic E-state index is -1.11. The number of carboxylic acid groups (broad SMARTS) is 1. The molecule has 0 fully saturated rings. The van der Waals surface area contributed by atoms with Crippen LogP contribution < -0.4 is 4.90 Å². The summed E-state index contributed by atoms with van der Waals surface area (Å²) in [6.45, 7) is 1.63. The number of anilines is 1. The van der Waals surface area contributed by atoms with E-state index in [0.29, 0.717) is 25.3 Å². The van der Waals surface area contributed by atoms with Crippen LogP contribution in [0.4, 0.5) is 11.4 Å². The van der Waals surface area contributed by atoms with Crippen LogP contribution in [0.3, 0.4) is 0 Å². The summed E-state index contributed by atoms with van der Waals surface area (Å²) in [6, 6.07) is 3.83. The van der Waals surface area contributed by atoms with Gasteiger partial charge in [-0.2, -0.15) is 0 Å². The standard InChI is InChI=1S/C13H12N4O4/c18-13(19)9-1-2-10(17(20)21)11(7-9)16-6-5-15-4-3-14-12(15)8-16/h1-4,7H,5-6,8H2,(H,18,19). The van der Waals surface area contributed by atoms with Gasteiger partial charge < -0.3 is 14.6 Å². The number of benzene rings is 1. The molecule has 1 aromatic carbocycles. The van der Waals surface area contributed by atoms with Crippen LogP contribution >= 0.6 is 0 Å². The van der Waals surface area contributed by atoms with Crippen LogP contribution in [0.1, 0.15) is 16.2 Å². The van der Waals surface area contributed by atoms with E-state index in [-0.39, 0.29) is 11.3 Å². The Balaban J connectivity index is 2.02. The molecule has 8 heteroatoms. The zero-order valence-electron chi connectivity index (χ0n) is 11.0. The second-order valence-corrected chi connectivity index (χ2v) is 4.72. The lowest BCUT2D eigenvalue weighted by Gasteiger charge is -2.29. The molecule has 0 spiro atoms. The predicted molar refractivity (Wildman–Crippen MR) is 73.3 cm³/mol. The van der Waals surface area contributed by atoms with Gasteiger partial charge in [-0.05, 0) is 12.1 Å². The third kappa shape index (κ3) is 2.31. The number of hydrogen-bond acceptors (Lipinski definition) is 5. The molecule has 0 saturated carbocycles. The highest BCUT2D eigenvalue weighted by Crippen LogP contribution is 2.31. The summed E-state index contributed by atoms with van der Waals surface area (Å²) in [6.07, 6.45) is 3.54. The maximum absolute atomic E-state index is 11.2. The molecule has 2 aromatic rings. The maximum Gasteiger partial charge on any atom is 0.335 e. The van der Waals surface area contributed by atoms with Crippen molar-refractivity contribution in [2.75, 3.05) is 11.4 Å². The Morgan fingerprint density at radius 2 is 2.19 bits per heavy atom. The molecule has 0 unspecified atom stereocenters. The number of hydrogen-bond donors (Lipinski definition) is 1. The number of fused-ring (bicyclic) bond motifs is 1. The van der Waals surface area contributed by atoms with Crippen LogP contribution in [0.15, 0.2) is 30.6 Å². The Morgan fingerprint density at radius 3 is 2.90 bits per heavy atom. The zero-order valence-corrected chi connectivity index (χ0v) is 11.0. The number of nitro groups is 1. The Hall–Kier alpha value is -2.90. The molecule has 1 aromatic heterocycles. The van der Waals surface area contributed by atoms with Gasteiger partial charge in [0.2, 0.25) is 0 Å². The molecule has 3 rings (SSSR count). The summed E-state index contributed by atoms with van der Waals surface area (Å²) in [5.41, 5.74) is 0.249. The molecular weight excluding hydrogens is 276 g/mol. The first-order chi connectivity index (χ1) is 10.1. The number of nitrogens with zero attached hydrogens (tertiary/aromatic N) is 4. The van der Waals surface area contributed by atoms with Crippen molar-refractivity contribution in [2.45, 2.75) is 13.1 Å². The molecule has 0 aliphatic carbocycles. The molecule has 1 N–H and O–H groups in total. The summed E-state index contributed by atoms with van der Waals surface area (Å²) in [5, 5.41) is 20.2. The SMILES string of the molecule is O=C(O)c1ccc([N+](=O)[O-])c(N2CCn3ccnc3C2)c1. The van der Waals surface area contributed by atoms with Gasteiger partial charge in [0.1, 0.15) is 11.5 Å². The fourth-order valence-corrected chi connectivity index (χ4v) is 2.44. The van der Waals surface area contributed by atoms with Gasteiger partial charge in [-0.1, -0.05) is 0 Å². The molecule has 2 heterocycles. The number of rotatable bonds is 3. The van der Waals surface area contributed by atoms with Gasteiger partial charge in [0.25, 0.3) is 5.69 Å². The maximum atomic E-state index is 11.2. The van der Waals surface area contributed by atoms with E-state index in [0.717, 1.165) is 5.82 Å². The molecule has 21 heavy (non-hydrogen) atoms. The number of aromatic nitrogens is 2. The summed E-state index contributed by atoms with van der Waals surface area (Å²) in [7, 11) is 0. The largest absolute Gasteiger partial charge is 0.478 e. The second kappa shape index (κ2) is 4.89. The van der Waals surface area contributed by atoms with Crippen molar-refractivity contribution in [3.63, 3.8) is 0 Å². The minimum Gasteiger partial charge on any atom is -0.478 e. The van der Waals surface area contributed by atoms with Gasteiger partial charge in [-0.15, -0.1) is 0 Å². The van der Waals surface area contributed by atoms with E-state index in [9.17, 15) is 14.9 Å². The molecule has 1 aliphatic heterocycles. The summed E-state index contributed by atoms with van der Waals surface area (Å²) in [5.74, 6) is -0.305. The summed E-state index contributed by atoms with van der Waals surface area (Å²) in [4.78, 5) is 27.7. The van der Waals surface area contributed by atoms with Crippen LogP contribution in [0, 0.1) is 10.1 Å². The van der Waals surface area contributed by atoms with Crippen molar-refractivity contribution in [1.29, 1.82) is 0 Å². The van der Waals surface area contributed by atoms with Crippen molar-refractivity contribution < 1.29 is 14.8 Å². The lowest BCUT2D eigenvalue weighted by Crippen LogP contribution is -2.34. The van der Waals surface area contributed by atoms with Crippen molar-refractivity contribution in [3.8, 4) is 0 Å². The Bertz CT molecular complexity index is 725. The van der Waals surface area contributed by atoms with Gasteiger partial charge >= 0.3 is 5.97 Å². The van der Waals surface area contributed by atoms with E-state index >= 15 is 0 Å². The fraction of sp³-hybridized carbons (Fsp3) is 0.231. The first kappa shape index (κ1) is 13.1. The van der Waals surface area contributed by atoms with Gasteiger partial charge in [-0.3, -0.25) is 10.1 Å². The van der Waals surface area contributed by atoms with Crippen LogP contribution in [-0.2, 0) is 13.1 Å². The van der Waals surface area contributed by atoms with Crippen molar-refractivity contribution in [1.82, 2.24) is 9.55 Å². The van der Waals surface area contributed by atoms with Crippen LogP contribution in [0.25, 0.3) is 0 Å². The highest BCUT2D eigenvalue weighted by atomic mass is 16.6. The summed E-state index contributed by atoms with van der Waals surface area (Å²) < 4.78 is 1.98. The molecule has 0 atom stereocenters. The predicted octanol–water partition coefficient (Wildman–Crippen LogP) is 1.51. The summed E-state index contributed by atoms with van der Waals surface area (Å²) >= 11 is 0. The fourth-order valence-electron chi connectivity index (χ4n) is 2.44. The average Bonchev–Trinajstić information content (AvgIpc) is 2.93. The minimum absolute atomic E-state index is 0.0320. The van der Waals surface area contributed by atoms with E-state index < -0.39 is 10.9 Å². The van der Waals surface area contributed by atoms with E-state index in [1.807, 2.05) is 10.8 Å². The van der Waals surface area contributed by atoms with Gasteiger partial charge in [0, 0.05) is 31.5 Å². The van der Waals surface area contributed by atoms with Crippen LogP contribution in [0.2, 0.25) is 0 Å². The molecule has 0 bridgehead atoms. The second-order valence-electron chi connectivity index (χ2n) is 4.72. The third-order valence-corrected chi connectivity index (χ3v) is 3.50. The number of carbonyl (C=O) groups is 1. The average molecular weight is 288 g/mol. The molecule has 0 amide bonds. The Morgan fingerprint density at radius 1 is 1.38 bits per heavy atom. The first-order valence-corrected chi connectivity index (χ1v) is 6.33. The number of aromatic carboxylic acids is 1. The van der Waals surface area contributed by atoms with Crippen LogP contribution in [0.5, 0.6) is 0 Å². The molecule has 8 nitrogen and oxygen atoms in total. The Kier molecular flexibility index (Phi) is 3.05. The molecule has 0 saturated heterocycles. The topological polar surface area (TPSA) is 101 Å².